The number of carbonyl (C=O) groups is 1. The molecule has 4 nitrogen and oxygen atoms in total. The third kappa shape index (κ3) is 4.61. The average molecular weight is 312 g/mol. The van der Waals surface area contributed by atoms with Gasteiger partial charge in [-0.1, -0.05) is 18.2 Å². The van der Waals surface area contributed by atoms with Gasteiger partial charge in [0.15, 0.2) is 0 Å². The molecule has 4 heteroatoms. The van der Waals surface area contributed by atoms with Crippen molar-refractivity contribution in [1.29, 1.82) is 0 Å². The first kappa shape index (κ1) is 16.6. The van der Waals surface area contributed by atoms with Gasteiger partial charge in [-0.25, -0.2) is 4.79 Å². The van der Waals surface area contributed by atoms with Crippen LogP contribution >= 0.6 is 0 Å². The topological polar surface area (TPSA) is 55.8 Å². The van der Waals surface area contributed by atoms with Gasteiger partial charge in [0, 0.05) is 11.6 Å². The zero-order valence-corrected chi connectivity index (χ0v) is 13.5. The van der Waals surface area contributed by atoms with Crippen molar-refractivity contribution in [2.24, 2.45) is 0 Å². The molecular formula is C19H20O4. The van der Waals surface area contributed by atoms with Gasteiger partial charge >= 0.3 is 5.97 Å². The molecule has 2 aromatic rings. The summed E-state index contributed by atoms with van der Waals surface area (Å²) in [6.45, 7) is 4.37. The molecule has 0 aliphatic heterocycles. The van der Waals surface area contributed by atoms with Crippen molar-refractivity contribution in [2.75, 3.05) is 7.11 Å². The van der Waals surface area contributed by atoms with Gasteiger partial charge in [0.05, 0.1) is 7.11 Å². The molecule has 2 rings (SSSR count). The highest BCUT2D eigenvalue weighted by Gasteiger charge is 2.07. The first-order valence-electron chi connectivity index (χ1n) is 7.27. The van der Waals surface area contributed by atoms with Crippen molar-refractivity contribution in [2.45, 2.75) is 20.5 Å². The van der Waals surface area contributed by atoms with Gasteiger partial charge in [-0.15, -0.1) is 0 Å². The smallest absolute Gasteiger partial charge is 0.328 e. The standard InChI is InChI=1S/C19H20O4/c1-13-4-5-14(2)18(10-13)23-12-16-11-15(7-9-19(20)21)6-8-17(16)22-3/h4-11H,12H2,1-3H3,(H,20,21). The molecule has 0 aromatic heterocycles. The van der Waals surface area contributed by atoms with E-state index in [9.17, 15) is 4.79 Å². The van der Waals surface area contributed by atoms with Gasteiger partial charge in [-0.2, -0.15) is 0 Å². The second-order valence-electron chi connectivity index (χ2n) is 5.30. The molecule has 0 amide bonds. The highest BCUT2D eigenvalue weighted by atomic mass is 16.5. The molecule has 0 saturated carbocycles. The summed E-state index contributed by atoms with van der Waals surface area (Å²) in [5, 5.41) is 8.72. The van der Waals surface area contributed by atoms with Crippen LogP contribution in [0.5, 0.6) is 11.5 Å². The zero-order valence-electron chi connectivity index (χ0n) is 13.5. The van der Waals surface area contributed by atoms with E-state index in [1.165, 1.54) is 0 Å². The molecule has 0 radical (unpaired) electrons. The minimum atomic E-state index is -0.978. The fourth-order valence-electron chi connectivity index (χ4n) is 2.20. The van der Waals surface area contributed by atoms with E-state index in [0.29, 0.717) is 12.4 Å². The Labute approximate surface area is 136 Å². The molecular weight excluding hydrogens is 292 g/mol. The first-order valence-corrected chi connectivity index (χ1v) is 7.27. The Bertz CT molecular complexity index is 732. The van der Waals surface area contributed by atoms with Gasteiger partial charge in [0.25, 0.3) is 0 Å². The van der Waals surface area contributed by atoms with E-state index in [4.69, 9.17) is 14.6 Å². The average Bonchev–Trinajstić information content (AvgIpc) is 2.53. The largest absolute Gasteiger partial charge is 0.496 e. The summed E-state index contributed by atoms with van der Waals surface area (Å²) in [6, 6.07) is 11.5. The second kappa shape index (κ2) is 7.49. The Hall–Kier alpha value is -2.75. The van der Waals surface area contributed by atoms with Crippen LogP contribution in [0.4, 0.5) is 0 Å². The number of benzene rings is 2. The monoisotopic (exact) mass is 312 g/mol. The Kier molecular flexibility index (Phi) is 5.41. The molecule has 0 bridgehead atoms. The van der Waals surface area contributed by atoms with Crippen molar-refractivity contribution < 1.29 is 19.4 Å². The quantitative estimate of drug-likeness (QED) is 0.819. The van der Waals surface area contributed by atoms with E-state index in [-0.39, 0.29) is 0 Å². The number of hydrogen-bond acceptors (Lipinski definition) is 3. The number of hydrogen-bond donors (Lipinski definition) is 1. The number of aliphatic carboxylic acids is 1. The fraction of sp³-hybridized carbons (Fsp3) is 0.211. The van der Waals surface area contributed by atoms with E-state index in [2.05, 4.69) is 0 Å². The number of methoxy groups -OCH3 is 1. The molecule has 0 atom stereocenters. The molecule has 23 heavy (non-hydrogen) atoms. The molecule has 0 aliphatic rings. The number of rotatable bonds is 6. The van der Waals surface area contributed by atoms with Gasteiger partial charge in [0.2, 0.25) is 0 Å². The van der Waals surface area contributed by atoms with Crippen LogP contribution < -0.4 is 9.47 Å². The normalized spacial score (nSPS) is 10.7. The van der Waals surface area contributed by atoms with Crippen LogP contribution in [0, 0.1) is 13.8 Å². The molecule has 0 aliphatic carbocycles. The highest BCUT2D eigenvalue weighted by molar-refractivity contribution is 5.85. The maximum absolute atomic E-state index is 10.6. The Balaban J connectivity index is 2.21. The Morgan fingerprint density at radius 2 is 1.91 bits per heavy atom. The molecule has 0 unspecified atom stereocenters. The summed E-state index contributed by atoms with van der Waals surface area (Å²) < 4.78 is 11.3. The lowest BCUT2D eigenvalue weighted by Gasteiger charge is -2.13. The van der Waals surface area contributed by atoms with Crippen LogP contribution in [0.25, 0.3) is 6.08 Å². The number of carboxylic acids is 1. The van der Waals surface area contributed by atoms with Crippen LogP contribution in [0.15, 0.2) is 42.5 Å². The van der Waals surface area contributed by atoms with Crippen molar-refractivity contribution in [1.82, 2.24) is 0 Å². The third-order valence-electron chi connectivity index (χ3n) is 3.45. The SMILES string of the molecule is COc1ccc(C=CC(=O)O)cc1COc1cc(C)ccc1C. The van der Waals surface area contributed by atoms with Crippen LogP contribution in [-0.2, 0) is 11.4 Å². The van der Waals surface area contributed by atoms with Crippen LogP contribution in [0.3, 0.4) is 0 Å². The summed E-state index contributed by atoms with van der Waals surface area (Å²) in [7, 11) is 1.60. The Morgan fingerprint density at radius 1 is 1.13 bits per heavy atom. The van der Waals surface area contributed by atoms with Gasteiger partial charge in [0.1, 0.15) is 18.1 Å². The second-order valence-corrected chi connectivity index (χ2v) is 5.30. The van der Waals surface area contributed by atoms with E-state index in [0.717, 1.165) is 34.1 Å². The summed E-state index contributed by atoms with van der Waals surface area (Å²) in [5.74, 6) is 0.565. The lowest BCUT2D eigenvalue weighted by molar-refractivity contribution is -0.131. The first-order chi connectivity index (χ1) is 11.0. The lowest BCUT2D eigenvalue weighted by Crippen LogP contribution is -2.00. The predicted molar refractivity (Wildman–Crippen MR) is 89.9 cm³/mol. The molecule has 0 heterocycles. The Morgan fingerprint density at radius 3 is 2.61 bits per heavy atom. The molecule has 0 fully saturated rings. The maximum atomic E-state index is 10.6. The minimum Gasteiger partial charge on any atom is -0.496 e. The van der Waals surface area contributed by atoms with Gasteiger partial charge < -0.3 is 14.6 Å². The van der Waals surface area contributed by atoms with E-state index >= 15 is 0 Å². The third-order valence-corrected chi connectivity index (χ3v) is 3.45. The minimum absolute atomic E-state index is 0.349. The van der Waals surface area contributed by atoms with Crippen molar-refractivity contribution in [3.8, 4) is 11.5 Å². The van der Waals surface area contributed by atoms with E-state index in [1.807, 2.05) is 44.2 Å². The van der Waals surface area contributed by atoms with Crippen LogP contribution in [0.2, 0.25) is 0 Å². The fourth-order valence-corrected chi connectivity index (χ4v) is 2.20. The van der Waals surface area contributed by atoms with Crippen molar-refractivity contribution >= 4 is 12.0 Å². The summed E-state index contributed by atoms with van der Waals surface area (Å²) in [6.07, 6.45) is 2.65. The van der Waals surface area contributed by atoms with Crippen LogP contribution in [0.1, 0.15) is 22.3 Å². The van der Waals surface area contributed by atoms with Crippen molar-refractivity contribution in [3.63, 3.8) is 0 Å². The lowest BCUT2D eigenvalue weighted by atomic mass is 10.1. The highest BCUT2D eigenvalue weighted by Crippen LogP contribution is 2.25. The zero-order chi connectivity index (χ0) is 16.8. The van der Waals surface area contributed by atoms with Crippen molar-refractivity contribution in [3.05, 3.63) is 64.7 Å². The molecule has 2 aromatic carbocycles. The van der Waals surface area contributed by atoms with Gasteiger partial charge in [-0.3, -0.25) is 0 Å². The summed E-state index contributed by atoms with van der Waals surface area (Å²) in [5.41, 5.74) is 3.85. The molecule has 120 valence electrons. The van der Waals surface area contributed by atoms with E-state index < -0.39 is 5.97 Å². The summed E-state index contributed by atoms with van der Waals surface area (Å²) >= 11 is 0. The molecule has 1 N–H and O–H groups in total. The number of aryl methyl sites for hydroxylation is 2. The number of ether oxygens (including phenoxy) is 2. The van der Waals surface area contributed by atoms with E-state index in [1.54, 1.807) is 19.3 Å². The van der Waals surface area contributed by atoms with Crippen LogP contribution in [-0.4, -0.2) is 18.2 Å². The predicted octanol–water partition coefficient (Wildman–Crippen LogP) is 3.99. The maximum Gasteiger partial charge on any atom is 0.328 e. The molecule has 0 spiro atoms. The van der Waals surface area contributed by atoms with Gasteiger partial charge in [-0.05, 0) is 54.8 Å². The summed E-state index contributed by atoms with van der Waals surface area (Å²) in [4.78, 5) is 10.6. The molecule has 0 saturated heterocycles. The number of carboxylic acid groups (broad SMARTS) is 1.